The van der Waals surface area contributed by atoms with E-state index in [-0.39, 0.29) is 5.91 Å². The number of hydrogen-bond donors (Lipinski definition) is 2. The summed E-state index contributed by atoms with van der Waals surface area (Å²) in [6, 6.07) is 5.99. The van der Waals surface area contributed by atoms with E-state index in [1.54, 1.807) is 7.11 Å². The predicted molar refractivity (Wildman–Crippen MR) is 76.5 cm³/mol. The van der Waals surface area contributed by atoms with Crippen molar-refractivity contribution in [2.75, 3.05) is 12.8 Å². The number of benzene rings is 1. The van der Waals surface area contributed by atoms with E-state index in [1.807, 2.05) is 22.8 Å². The summed E-state index contributed by atoms with van der Waals surface area (Å²) in [4.78, 5) is 16.0. The summed E-state index contributed by atoms with van der Waals surface area (Å²) in [5, 5.41) is 2.97. The SMILES string of the molecule is COc1ccc2nc(N)n(CCC(=O)NC3CC3)c2c1. The lowest BCUT2D eigenvalue weighted by Crippen LogP contribution is -2.26. The van der Waals surface area contributed by atoms with Crippen molar-refractivity contribution in [3.05, 3.63) is 18.2 Å². The minimum atomic E-state index is 0.0663. The van der Waals surface area contributed by atoms with Crippen LogP contribution in [0.25, 0.3) is 11.0 Å². The van der Waals surface area contributed by atoms with E-state index < -0.39 is 0 Å². The zero-order valence-electron chi connectivity index (χ0n) is 11.4. The Bertz CT molecular complexity index is 646. The van der Waals surface area contributed by atoms with Crippen LogP contribution in [0.2, 0.25) is 0 Å². The number of methoxy groups -OCH3 is 1. The molecule has 0 radical (unpaired) electrons. The highest BCUT2D eigenvalue weighted by Crippen LogP contribution is 2.23. The number of anilines is 1. The molecule has 1 aromatic heterocycles. The molecular weight excluding hydrogens is 256 g/mol. The number of nitrogens with two attached hydrogens (primary N) is 1. The van der Waals surface area contributed by atoms with Crippen molar-refractivity contribution in [1.82, 2.24) is 14.9 Å². The minimum Gasteiger partial charge on any atom is -0.497 e. The highest BCUT2D eigenvalue weighted by molar-refractivity contribution is 5.81. The lowest BCUT2D eigenvalue weighted by molar-refractivity contribution is -0.121. The van der Waals surface area contributed by atoms with Gasteiger partial charge in [-0.25, -0.2) is 4.98 Å². The first-order valence-corrected chi connectivity index (χ1v) is 6.76. The number of aryl methyl sites for hydroxylation is 1. The zero-order valence-corrected chi connectivity index (χ0v) is 11.4. The van der Waals surface area contributed by atoms with Crippen molar-refractivity contribution < 1.29 is 9.53 Å². The molecule has 1 aliphatic carbocycles. The first-order chi connectivity index (χ1) is 9.67. The molecule has 3 rings (SSSR count). The fraction of sp³-hybridized carbons (Fsp3) is 0.429. The van der Waals surface area contributed by atoms with Gasteiger partial charge in [-0.2, -0.15) is 0 Å². The third kappa shape index (κ3) is 2.54. The van der Waals surface area contributed by atoms with Crippen LogP contribution in [0.3, 0.4) is 0 Å². The molecular formula is C14H18N4O2. The maximum absolute atomic E-state index is 11.7. The van der Waals surface area contributed by atoms with Crippen LogP contribution in [0, 0.1) is 0 Å². The lowest BCUT2D eigenvalue weighted by atomic mass is 10.3. The second-order valence-electron chi connectivity index (χ2n) is 5.07. The summed E-state index contributed by atoms with van der Waals surface area (Å²) in [6.45, 7) is 0.522. The van der Waals surface area contributed by atoms with Gasteiger partial charge in [0, 0.05) is 25.1 Å². The van der Waals surface area contributed by atoms with E-state index in [0.717, 1.165) is 29.6 Å². The van der Waals surface area contributed by atoms with Gasteiger partial charge in [-0.3, -0.25) is 4.79 Å². The molecule has 3 N–H and O–H groups in total. The molecule has 1 fully saturated rings. The largest absolute Gasteiger partial charge is 0.497 e. The van der Waals surface area contributed by atoms with E-state index in [4.69, 9.17) is 10.5 Å². The van der Waals surface area contributed by atoms with Gasteiger partial charge in [-0.05, 0) is 25.0 Å². The molecule has 106 valence electrons. The van der Waals surface area contributed by atoms with Crippen LogP contribution in [-0.4, -0.2) is 28.6 Å². The number of carbonyl (C=O) groups excluding carboxylic acids is 1. The maximum Gasteiger partial charge on any atom is 0.222 e. The Kier molecular flexibility index (Phi) is 3.22. The Balaban J connectivity index is 1.78. The quantitative estimate of drug-likeness (QED) is 0.861. The molecule has 1 aromatic carbocycles. The number of aromatic nitrogens is 2. The molecule has 20 heavy (non-hydrogen) atoms. The molecule has 0 atom stereocenters. The predicted octanol–water partition coefficient (Wildman–Crippen LogP) is 1.30. The number of rotatable bonds is 5. The molecule has 1 aliphatic rings. The Morgan fingerprint density at radius 2 is 2.35 bits per heavy atom. The van der Waals surface area contributed by atoms with Crippen LogP contribution in [0.4, 0.5) is 5.95 Å². The topological polar surface area (TPSA) is 82.2 Å². The molecule has 2 aromatic rings. The van der Waals surface area contributed by atoms with Gasteiger partial charge >= 0.3 is 0 Å². The summed E-state index contributed by atoms with van der Waals surface area (Å²) in [5.41, 5.74) is 7.62. The Labute approximate surface area is 116 Å². The van der Waals surface area contributed by atoms with Gasteiger partial charge < -0.3 is 20.4 Å². The lowest BCUT2D eigenvalue weighted by Gasteiger charge is -2.07. The standard InChI is InChI=1S/C14H18N4O2/c1-20-10-4-5-11-12(8-10)18(14(15)17-11)7-6-13(19)16-9-2-3-9/h4-5,8-9H,2-3,6-7H2,1H3,(H2,15,17)(H,16,19). The summed E-state index contributed by atoms with van der Waals surface area (Å²) in [6.07, 6.45) is 2.60. The number of imidazole rings is 1. The molecule has 0 aliphatic heterocycles. The van der Waals surface area contributed by atoms with E-state index in [9.17, 15) is 4.79 Å². The van der Waals surface area contributed by atoms with Crippen LogP contribution in [-0.2, 0) is 11.3 Å². The van der Waals surface area contributed by atoms with Crippen LogP contribution in [0.1, 0.15) is 19.3 Å². The van der Waals surface area contributed by atoms with Gasteiger partial charge in [0.15, 0.2) is 0 Å². The molecule has 6 heteroatoms. The number of fused-ring (bicyclic) bond motifs is 1. The van der Waals surface area contributed by atoms with Crippen molar-refractivity contribution in [3.63, 3.8) is 0 Å². The number of nitrogen functional groups attached to an aromatic ring is 1. The summed E-state index contributed by atoms with van der Waals surface area (Å²) >= 11 is 0. The second-order valence-corrected chi connectivity index (χ2v) is 5.07. The number of hydrogen-bond acceptors (Lipinski definition) is 4. The van der Waals surface area contributed by atoms with E-state index >= 15 is 0 Å². The molecule has 1 saturated carbocycles. The summed E-state index contributed by atoms with van der Waals surface area (Å²) in [5.74, 6) is 1.24. The van der Waals surface area contributed by atoms with Crippen LogP contribution in [0.5, 0.6) is 5.75 Å². The Morgan fingerprint density at radius 3 is 3.05 bits per heavy atom. The first kappa shape index (κ1) is 12.8. The van der Waals surface area contributed by atoms with Gasteiger partial charge in [-0.15, -0.1) is 0 Å². The number of ether oxygens (including phenoxy) is 1. The van der Waals surface area contributed by atoms with Crippen molar-refractivity contribution in [3.8, 4) is 5.75 Å². The van der Waals surface area contributed by atoms with Gasteiger partial charge in [0.2, 0.25) is 11.9 Å². The Hall–Kier alpha value is -2.24. The molecule has 6 nitrogen and oxygen atoms in total. The van der Waals surface area contributed by atoms with Gasteiger partial charge in [0.05, 0.1) is 18.1 Å². The maximum atomic E-state index is 11.7. The van der Waals surface area contributed by atoms with Gasteiger partial charge in [-0.1, -0.05) is 0 Å². The molecule has 0 unspecified atom stereocenters. The fourth-order valence-corrected chi connectivity index (χ4v) is 2.22. The van der Waals surface area contributed by atoms with Crippen molar-refractivity contribution in [2.45, 2.75) is 31.8 Å². The normalized spacial score (nSPS) is 14.4. The number of nitrogens with one attached hydrogen (secondary N) is 1. The molecule has 0 bridgehead atoms. The first-order valence-electron chi connectivity index (χ1n) is 6.76. The fourth-order valence-electron chi connectivity index (χ4n) is 2.22. The van der Waals surface area contributed by atoms with Gasteiger partial charge in [0.25, 0.3) is 0 Å². The van der Waals surface area contributed by atoms with Crippen molar-refractivity contribution in [2.24, 2.45) is 0 Å². The third-order valence-corrected chi connectivity index (χ3v) is 3.49. The zero-order chi connectivity index (χ0) is 14.1. The van der Waals surface area contributed by atoms with Crippen LogP contribution in [0.15, 0.2) is 18.2 Å². The van der Waals surface area contributed by atoms with E-state index in [2.05, 4.69) is 10.3 Å². The Morgan fingerprint density at radius 1 is 1.55 bits per heavy atom. The number of amides is 1. The number of carbonyl (C=O) groups is 1. The van der Waals surface area contributed by atoms with E-state index in [1.165, 1.54) is 0 Å². The highest BCUT2D eigenvalue weighted by Gasteiger charge is 2.23. The molecule has 0 saturated heterocycles. The second kappa shape index (κ2) is 5.03. The van der Waals surface area contributed by atoms with Crippen molar-refractivity contribution in [1.29, 1.82) is 0 Å². The monoisotopic (exact) mass is 274 g/mol. The van der Waals surface area contributed by atoms with E-state index in [0.29, 0.717) is 25.0 Å². The number of nitrogens with zero attached hydrogens (tertiary/aromatic N) is 2. The van der Waals surface area contributed by atoms with Crippen molar-refractivity contribution >= 4 is 22.9 Å². The van der Waals surface area contributed by atoms with Crippen LogP contribution < -0.4 is 15.8 Å². The molecule has 0 spiro atoms. The summed E-state index contributed by atoms with van der Waals surface area (Å²) in [7, 11) is 1.62. The average molecular weight is 274 g/mol. The molecule has 1 amide bonds. The highest BCUT2D eigenvalue weighted by atomic mass is 16.5. The minimum absolute atomic E-state index is 0.0663. The molecule has 1 heterocycles. The average Bonchev–Trinajstić information content (AvgIpc) is 3.18. The summed E-state index contributed by atoms with van der Waals surface area (Å²) < 4.78 is 7.06. The van der Waals surface area contributed by atoms with Crippen LogP contribution >= 0.6 is 0 Å². The van der Waals surface area contributed by atoms with Gasteiger partial charge in [0.1, 0.15) is 5.75 Å². The third-order valence-electron chi connectivity index (χ3n) is 3.49. The smallest absolute Gasteiger partial charge is 0.222 e.